The van der Waals surface area contributed by atoms with Crippen LogP contribution in [0.4, 0.5) is 0 Å². The molecule has 0 aliphatic carbocycles. The van der Waals surface area contributed by atoms with Crippen molar-refractivity contribution in [1.29, 1.82) is 0 Å². The Morgan fingerprint density at radius 1 is 0.839 bits per heavy atom. The van der Waals surface area contributed by atoms with Gasteiger partial charge in [0.15, 0.2) is 0 Å². The Morgan fingerprint density at radius 3 is 2.03 bits per heavy atom. The van der Waals surface area contributed by atoms with E-state index in [1.165, 1.54) is 6.08 Å². The van der Waals surface area contributed by atoms with Crippen molar-refractivity contribution in [3.63, 3.8) is 0 Å². The Labute approximate surface area is 182 Å². The number of hydrogen-bond donors (Lipinski definition) is 0. The normalized spacial score (nSPS) is 13.9. The summed E-state index contributed by atoms with van der Waals surface area (Å²) in [5, 5.41) is 0. The van der Waals surface area contributed by atoms with Gasteiger partial charge >= 0.3 is 0 Å². The molecule has 2 aromatic rings. The molecule has 0 bridgehead atoms. The zero-order valence-corrected chi connectivity index (χ0v) is 18.4. The molecule has 1 aliphatic rings. The van der Waals surface area contributed by atoms with E-state index >= 15 is 0 Å². The number of carbonyl (C=O) groups excluding carboxylic acids is 2. The highest BCUT2D eigenvalue weighted by molar-refractivity contribution is 5.95. The first-order chi connectivity index (χ1) is 14.9. The van der Waals surface area contributed by atoms with Crippen LogP contribution in [-0.2, 0) is 4.79 Å². The zero-order chi connectivity index (χ0) is 22.4. The first-order valence-corrected chi connectivity index (χ1v) is 10.1. The number of amides is 2. The molecule has 1 fully saturated rings. The molecule has 7 heteroatoms. The molecule has 3 rings (SSSR count). The van der Waals surface area contributed by atoms with E-state index in [0.717, 1.165) is 11.1 Å². The van der Waals surface area contributed by atoms with Crippen molar-refractivity contribution in [3.8, 4) is 17.2 Å². The average molecular weight is 424 g/mol. The molecule has 1 heterocycles. The third-order valence-corrected chi connectivity index (χ3v) is 5.33. The highest BCUT2D eigenvalue weighted by Gasteiger charge is 2.24. The van der Waals surface area contributed by atoms with Crippen molar-refractivity contribution in [2.24, 2.45) is 0 Å². The number of piperazine rings is 1. The summed E-state index contributed by atoms with van der Waals surface area (Å²) in [6, 6.07) is 10.9. The SMILES string of the molecule is COc1cc(C=CC(=O)N2CCN(C(=O)c3ccc(C)c(OC)c3)CC2)cc(OC)c1. The quantitative estimate of drug-likeness (QED) is 0.667. The molecule has 1 saturated heterocycles. The minimum atomic E-state index is -0.0918. The second-order valence-corrected chi connectivity index (χ2v) is 7.28. The molecular weight excluding hydrogens is 396 g/mol. The average Bonchev–Trinajstić information content (AvgIpc) is 2.82. The fourth-order valence-corrected chi connectivity index (χ4v) is 3.46. The Bertz CT molecular complexity index is 956. The molecular formula is C24H28N2O5. The summed E-state index contributed by atoms with van der Waals surface area (Å²) >= 11 is 0. The number of carbonyl (C=O) groups is 2. The molecule has 0 saturated carbocycles. The summed E-state index contributed by atoms with van der Waals surface area (Å²) < 4.78 is 15.8. The van der Waals surface area contributed by atoms with Crippen LogP contribution in [0.1, 0.15) is 21.5 Å². The lowest BCUT2D eigenvalue weighted by molar-refractivity contribution is -0.127. The van der Waals surface area contributed by atoms with Gasteiger partial charge < -0.3 is 24.0 Å². The number of hydrogen-bond acceptors (Lipinski definition) is 5. The maximum Gasteiger partial charge on any atom is 0.254 e. The highest BCUT2D eigenvalue weighted by atomic mass is 16.5. The van der Waals surface area contributed by atoms with Crippen LogP contribution in [0.15, 0.2) is 42.5 Å². The molecule has 2 amide bonds. The number of aryl methyl sites for hydroxylation is 1. The van der Waals surface area contributed by atoms with Crippen LogP contribution in [-0.4, -0.2) is 69.1 Å². The molecule has 0 unspecified atom stereocenters. The summed E-state index contributed by atoms with van der Waals surface area (Å²) in [5.41, 5.74) is 2.38. The molecule has 0 aromatic heterocycles. The maximum absolute atomic E-state index is 12.8. The molecule has 0 atom stereocenters. The maximum atomic E-state index is 12.8. The summed E-state index contributed by atoms with van der Waals surface area (Å²) in [4.78, 5) is 28.9. The van der Waals surface area contributed by atoms with E-state index in [1.807, 2.05) is 31.2 Å². The minimum absolute atomic E-state index is 0.0515. The summed E-state index contributed by atoms with van der Waals surface area (Å²) in [5.74, 6) is 1.87. The van der Waals surface area contributed by atoms with E-state index in [1.54, 1.807) is 49.3 Å². The summed E-state index contributed by atoms with van der Waals surface area (Å²) in [6.45, 7) is 3.88. The number of methoxy groups -OCH3 is 3. The van der Waals surface area contributed by atoms with Gasteiger partial charge in [0.2, 0.25) is 5.91 Å². The topological polar surface area (TPSA) is 68.3 Å². The molecule has 0 radical (unpaired) electrons. The summed E-state index contributed by atoms with van der Waals surface area (Å²) in [6.07, 6.45) is 3.28. The van der Waals surface area contributed by atoms with Crippen LogP contribution in [0, 0.1) is 6.92 Å². The second-order valence-electron chi connectivity index (χ2n) is 7.28. The fraction of sp³-hybridized carbons (Fsp3) is 0.333. The van der Waals surface area contributed by atoms with Crippen molar-refractivity contribution in [3.05, 3.63) is 59.2 Å². The Hall–Kier alpha value is -3.48. The van der Waals surface area contributed by atoms with E-state index in [2.05, 4.69) is 0 Å². The Morgan fingerprint density at radius 2 is 1.45 bits per heavy atom. The monoisotopic (exact) mass is 424 g/mol. The van der Waals surface area contributed by atoms with Gasteiger partial charge in [-0.2, -0.15) is 0 Å². The standard InChI is InChI=1S/C24H28N2O5/c1-17-5-7-19(15-22(17)31-4)24(28)26-11-9-25(10-12-26)23(27)8-6-18-13-20(29-2)16-21(14-18)30-3/h5-8,13-16H,9-12H2,1-4H3. The van der Waals surface area contributed by atoms with E-state index in [-0.39, 0.29) is 11.8 Å². The Balaban J connectivity index is 1.60. The number of rotatable bonds is 6. The minimum Gasteiger partial charge on any atom is -0.497 e. The highest BCUT2D eigenvalue weighted by Crippen LogP contribution is 2.23. The van der Waals surface area contributed by atoms with Gasteiger partial charge in [0.05, 0.1) is 21.3 Å². The molecule has 0 N–H and O–H groups in total. The number of benzene rings is 2. The largest absolute Gasteiger partial charge is 0.497 e. The smallest absolute Gasteiger partial charge is 0.254 e. The van der Waals surface area contributed by atoms with Crippen LogP contribution in [0.5, 0.6) is 17.2 Å². The van der Waals surface area contributed by atoms with Gasteiger partial charge in [0, 0.05) is 43.9 Å². The lowest BCUT2D eigenvalue weighted by Crippen LogP contribution is -2.50. The molecule has 2 aromatic carbocycles. The molecule has 164 valence electrons. The first kappa shape index (κ1) is 22.2. The third-order valence-electron chi connectivity index (χ3n) is 5.33. The van der Waals surface area contributed by atoms with Gasteiger partial charge in [-0.3, -0.25) is 9.59 Å². The van der Waals surface area contributed by atoms with Crippen molar-refractivity contribution in [1.82, 2.24) is 9.80 Å². The van der Waals surface area contributed by atoms with Gasteiger partial charge in [0.1, 0.15) is 17.2 Å². The van der Waals surface area contributed by atoms with Crippen LogP contribution in [0.25, 0.3) is 6.08 Å². The van der Waals surface area contributed by atoms with Gasteiger partial charge in [-0.1, -0.05) is 6.07 Å². The van der Waals surface area contributed by atoms with Gasteiger partial charge in [-0.25, -0.2) is 0 Å². The molecule has 0 spiro atoms. The van der Waals surface area contributed by atoms with Crippen molar-refractivity contribution >= 4 is 17.9 Å². The van der Waals surface area contributed by atoms with Gasteiger partial charge in [-0.15, -0.1) is 0 Å². The van der Waals surface area contributed by atoms with Crippen molar-refractivity contribution in [2.75, 3.05) is 47.5 Å². The Kier molecular flexibility index (Phi) is 7.18. The van der Waals surface area contributed by atoms with Crippen molar-refractivity contribution < 1.29 is 23.8 Å². The predicted molar refractivity (Wildman–Crippen MR) is 119 cm³/mol. The molecule has 7 nitrogen and oxygen atoms in total. The third kappa shape index (κ3) is 5.36. The van der Waals surface area contributed by atoms with Crippen LogP contribution >= 0.6 is 0 Å². The lowest BCUT2D eigenvalue weighted by Gasteiger charge is -2.34. The zero-order valence-electron chi connectivity index (χ0n) is 18.4. The predicted octanol–water partition coefficient (Wildman–Crippen LogP) is 3.02. The van der Waals surface area contributed by atoms with E-state index < -0.39 is 0 Å². The first-order valence-electron chi connectivity index (χ1n) is 10.1. The van der Waals surface area contributed by atoms with Crippen LogP contribution in [0.3, 0.4) is 0 Å². The van der Waals surface area contributed by atoms with Crippen LogP contribution in [0.2, 0.25) is 0 Å². The van der Waals surface area contributed by atoms with E-state index in [0.29, 0.717) is 49.0 Å². The van der Waals surface area contributed by atoms with Gasteiger partial charge in [-0.05, 0) is 48.4 Å². The van der Waals surface area contributed by atoms with E-state index in [9.17, 15) is 9.59 Å². The number of nitrogens with zero attached hydrogens (tertiary/aromatic N) is 2. The van der Waals surface area contributed by atoms with Crippen LogP contribution < -0.4 is 14.2 Å². The van der Waals surface area contributed by atoms with Crippen molar-refractivity contribution in [2.45, 2.75) is 6.92 Å². The fourth-order valence-electron chi connectivity index (χ4n) is 3.46. The second kappa shape index (κ2) is 10.0. The molecule has 31 heavy (non-hydrogen) atoms. The van der Waals surface area contributed by atoms with E-state index in [4.69, 9.17) is 14.2 Å². The van der Waals surface area contributed by atoms with Gasteiger partial charge in [0.25, 0.3) is 5.91 Å². The number of ether oxygens (including phenoxy) is 3. The lowest BCUT2D eigenvalue weighted by atomic mass is 10.1. The molecule has 1 aliphatic heterocycles. The summed E-state index contributed by atoms with van der Waals surface area (Å²) in [7, 11) is 4.76.